The Hall–Kier alpha value is -2.41. The second-order valence-electron chi connectivity index (χ2n) is 4.10. The fourth-order valence-corrected chi connectivity index (χ4v) is 3.10. The van der Waals surface area contributed by atoms with Gasteiger partial charge >= 0.3 is 0 Å². The molecule has 1 heterocycles. The quantitative estimate of drug-likeness (QED) is 0.733. The van der Waals surface area contributed by atoms with Gasteiger partial charge in [-0.25, -0.2) is 0 Å². The monoisotopic (exact) mass is 289 g/mol. The van der Waals surface area contributed by atoms with Crippen molar-refractivity contribution in [2.24, 2.45) is 0 Å². The highest BCUT2D eigenvalue weighted by molar-refractivity contribution is 7.90. The molecule has 0 N–H and O–H groups in total. The Labute approximate surface area is 115 Å². The van der Waals surface area contributed by atoms with Crippen molar-refractivity contribution in [1.82, 2.24) is 14.4 Å². The lowest BCUT2D eigenvalue weighted by atomic mass is 10.3. The molecule has 2 aromatic carbocycles. The van der Waals surface area contributed by atoms with Crippen LogP contribution in [-0.2, 0) is 10.0 Å². The number of nitrogens with zero attached hydrogens (tertiary/aromatic N) is 3. The van der Waals surface area contributed by atoms with Gasteiger partial charge in [0.05, 0.1) is 12.0 Å². The van der Waals surface area contributed by atoms with Crippen molar-refractivity contribution in [1.29, 1.82) is 0 Å². The summed E-state index contributed by atoms with van der Waals surface area (Å²) in [6, 6.07) is 13.0. The first-order valence-corrected chi connectivity index (χ1v) is 7.27. The molecule has 20 heavy (non-hydrogen) atoms. The lowest BCUT2D eigenvalue weighted by Crippen LogP contribution is -2.14. The maximum atomic E-state index is 12.5. The van der Waals surface area contributed by atoms with E-state index in [0.29, 0.717) is 16.8 Å². The molecule has 0 saturated carbocycles. The molecule has 7 heteroatoms. The molecule has 0 fully saturated rings. The van der Waals surface area contributed by atoms with E-state index in [1.54, 1.807) is 36.4 Å². The van der Waals surface area contributed by atoms with Crippen LogP contribution in [-0.4, -0.2) is 29.9 Å². The molecule has 0 aliphatic carbocycles. The second-order valence-corrected chi connectivity index (χ2v) is 5.87. The van der Waals surface area contributed by atoms with Gasteiger partial charge in [-0.05, 0) is 36.4 Å². The molecule has 3 aromatic rings. The average molecular weight is 289 g/mol. The van der Waals surface area contributed by atoms with E-state index < -0.39 is 10.0 Å². The largest absolute Gasteiger partial charge is 0.497 e. The molecular formula is C13H11N3O3S. The Morgan fingerprint density at radius 2 is 1.75 bits per heavy atom. The van der Waals surface area contributed by atoms with Crippen LogP contribution in [0.3, 0.4) is 0 Å². The van der Waals surface area contributed by atoms with Crippen LogP contribution in [0, 0.1) is 0 Å². The third kappa shape index (κ3) is 1.92. The minimum atomic E-state index is -3.76. The zero-order valence-corrected chi connectivity index (χ0v) is 11.4. The van der Waals surface area contributed by atoms with Crippen molar-refractivity contribution < 1.29 is 13.2 Å². The first-order valence-electron chi connectivity index (χ1n) is 5.83. The summed E-state index contributed by atoms with van der Waals surface area (Å²) in [5.41, 5.74) is 0.980. The van der Waals surface area contributed by atoms with E-state index >= 15 is 0 Å². The number of hydrogen-bond donors (Lipinski definition) is 0. The molecule has 0 radical (unpaired) electrons. The van der Waals surface area contributed by atoms with Gasteiger partial charge in [0.1, 0.15) is 16.8 Å². The van der Waals surface area contributed by atoms with Crippen LogP contribution < -0.4 is 4.74 Å². The number of methoxy groups -OCH3 is 1. The Kier molecular flexibility index (Phi) is 2.90. The molecule has 0 bridgehead atoms. The summed E-state index contributed by atoms with van der Waals surface area (Å²) in [6.45, 7) is 0. The van der Waals surface area contributed by atoms with Crippen LogP contribution >= 0.6 is 0 Å². The molecule has 0 aliphatic heterocycles. The minimum Gasteiger partial charge on any atom is -0.497 e. The van der Waals surface area contributed by atoms with E-state index in [2.05, 4.69) is 10.3 Å². The summed E-state index contributed by atoms with van der Waals surface area (Å²) < 4.78 is 31.0. The molecule has 6 nitrogen and oxygen atoms in total. The van der Waals surface area contributed by atoms with Crippen LogP contribution in [0.2, 0.25) is 0 Å². The van der Waals surface area contributed by atoms with E-state index in [0.717, 1.165) is 4.09 Å². The molecular weight excluding hydrogens is 278 g/mol. The lowest BCUT2D eigenvalue weighted by Gasteiger charge is -2.05. The summed E-state index contributed by atoms with van der Waals surface area (Å²) >= 11 is 0. The highest BCUT2D eigenvalue weighted by atomic mass is 32.2. The number of fused-ring (bicyclic) bond motifs is 1. The third-order valence-corrected chi connectivity index (χ3v) is 4.50. The number of rotatable bonds is 3. The average Bonchev–Trinajstić information content (AvgIpc) is 2.92. The lowest BCUT2D eigenvalue weighted by molar-refractivity contribution is 0.414. The summed E-state index contributed by atoms with van der Waals surface area (Å²) in [5.74, 6) is 0.590. The topological polar surface area (TPSA) is 74.1 Å². The highest BCUT2D eigenvalue weighted by Crippen LogP contribution is 2.20. The van der Waals surface area contributed by atoms with E-state index in [-0.39, 0.29) is 4.90 Å². The van der Waals surface area contributed by atoms with Crippen molar-refractivity contribution in [3.63, 3.8) is 0 Å². The van der Waals surface area contributed by atoms with Crippen molar-refractivity contribution in [2.75, 3.05) is 7.11 Å². The molecule has 0 atom stereocenters. The second kappa shape index (κ2) is 4.61. The Bertz CT molecular complexity index is 854. The molecule has 0 unspecified atom stereocenters. The van der Waals surface area contributed by atoms with Gasteiger partial charge in [-0.2, -0.15) is 8.42 Å². The highest BCUT2D eigenvalue weighted by Gasteiger charge is 2.20. The maximum absolute atomic E-state index is 12.5. The molecule has 1 aromatic heterocycles. The van der Waals surface area contributed by atoms with Gasteiger partial charge < -0.3 is 4.74 Å². The van der Waals surface area contributed by atoms with Crippen LogP contribution in [0.25, 0.3) is 11.0 Å². The van der Waals surface area contributed by atoms with Gasteiger partial charge in [-0.3, -0.25) is 0 Å². The maximum Gasteiger partial charge on any atom is 0.284 e. The Balaban J connectivity index is 2.15. The van der Waals surface area contributed by atoms with E-state index in [1.165, 1.54) is 19.2 Å². The molecule has 3 rings (SSSR count). The van der Waals surface area contributed by atoms with Gasteiger partial charge in [0, 0.05) is 0 Å². The Morgan fingerprint density at radius 1 is 1.05 bits per heavy atom. The predicted octanol–water partition coefficient (Wildman–Crippen LogP) is 1.68. The smallest absolute Gasteiger partial charge is 0.284 e. The number of hydrogen-bond acceptors (Lipinski definition) is 5. The summed E-state index contributed by atoms with van der Waals surface area (Å²) in [4.78, 5) is 0.133. The van der Waals surface area contributed by atoms with Crippen molar-refractivity contribution in [3.8, 4) is 5.75 Å². The van der Waals surface area contributed by atoms with E-state index in [1.807, 2.05) is 0 Å². The summed E-state index contributed by atoms with van der Waals surface area (Å²) in [6.07, 6.45) is 0. The van der Waals surface area contributed by atoms with Gasteiger partial charge in [-0.1, -0.05) is 17.3 Å². The summed E-state index contributed by atoms with van der Waals surface area (Å²) in [7, 11) is -2.24. The van der Waals surface area contributed by atoms with Gasteiger partial charge in [0.15, 0.2) is 0 Å². The molecule has 0 aliphatic rings. The van der Waals surface area contributed by atoms with Gasteiger partial charge in [-0.15, -0.1) is 9.19 Å². The van der Waals surface area contributed by atoms with Crippen molar-refractivity contribution >= 4 is 21.1 Å². The number of aromatic nitrogens is 3. The van der Waals surface area contributed by atoms with Crippen LogP contribution in [0.4, 0.5) is 0 Å². The van der Waals surface area contributed by atoms with Gasteiger partial charge in [0.2, 0.25) is 0 Å². The SMILES string of the molecule is COc1ccc(S(=O)(=O)n2nnc3ccccc32)cc1. The van der Waals surface area contributed by atoms with Crippen molar-refractivity contribution in [2.45, 2.75) is 4.90 Å². The fraction of sp³-hybridized carbons (Fsp3) is 0.0769. The predicted molar refractivity (Wildman–Crippen MR) is 73.1 cm³/mol. The standard InChI is InChI=1S/C13H11N3O3S/c1-19-10-6-8-11(9-7-10)20(17,18)16-13-5-3-2-4-12(13)14-15-16/h2-9H,1H3. The normalized spacial score (nSPS) is 11.7. The number of ether oxygens (including phenoxy) is 1. The summed E-state index contributed by atoms with van der Waals surface area (Å²) in [5, 5.41) is 7.59. The first kappa shape index (κ1) is 12.6. The number of benzene rings is 2. The van der Waals surface area contributed by atoms with Crippen molar-refractivity contribution in [3.05, 3.63) is 48.5 Å². The third-order valence-electron chi connectivity index (χ3n) is 2.91. The van der Waals surface area contributed by atoms with Crippen LogP contribution in [0.1, 0.15) is 0 Å². The molecule has 0 amide bonds. The zero-order chi connectivity index (χ0) is 14.2. The molecule has 102 valence electrons. The molecule has 0 spiro atoms. The molecule has 0 saturated heterocycles. The minimum absolute atomic E-state index is 0.133. The van der Waals surface area contributed by atoms with Gasteiger partial charge in [0.25, 0.3) is 10.0 Å². The van der Waals surface area contributed by atoms with E-state index in [9.17, 15) is 8.42 Å². The fourth-order valence-electron chi connectivity index (χ4n) is 1.87. The first-order chi connectivity index (χ1) is 9.63. The zero-order valence-electron chi connectivity index (χ0n) is 10.6. The van der Waals surface area contributed by atoms with Crippen LogP contribution in [0.5, 0.6) is 5.75 Å². The van der Waals surface area contributed by atoms with E-state index in [4.69, 9.17) is 4.74 Å². The van der Waals surface area contributed by atoms with Crippen LogP contribution in [0.15, 0.2) is 53.4 Å². The number of para-hydroxylation sites is 1. The Morgan fingerprint density at radius 3 is 2.45 bits per heavy atom.